The van der Waals surface area contributed by atoms with Crippen LogP contribution in [0.25, 0.3) is 0 Å². The van der Waals surface area contributed by atoms with E-state index < -0.39 is 0 Å². The van der Waals surface area contributed by atoms with Crippen LogP contribution >= 0.6 is 23.4 Å². The van der Waals surface area contributed by atoms with Crippen molar-refractivity contribution in [3.05, 3.63) is 28.6 Å². The molecule has 14 heavy (non-hydrogen) atoms. The number of thioether (sulfide) groups is 1. The third kappa shape index (κ3) is 3.31. The van der Waals surface area contributed by atoms with Crippen molar-refractivity contribution in [1.29, 1.82) is 0 Å². The van der Waals surface area contributed by atoms with Crippen molar-refractivity contribution in [2.24, 2.45) is 0 Å². The highest BCUT2D eigenvalue weighted by molar-refractivity contribution is 7.98. The standard InChI is InChI=1S/C10H13ClN2S/c1-7(2)4-5-9-8(11)6-12-10(13-9)14-3/h4,6H,5H2,1-3H3. The van der Waals surface area contributed by atoms with Gasteiger partial charge in [-0.2, -0.15) is 0 Å². The van der Waals surface area contributed by atoms with Crippen LogP contribution in [0, 0.1) is 0 Å². The third-order valence-corrected chi connectivity index (χ3v) is 2.56. The quantitative estimate of drug-likeness (QED) is 0.451. The van der Waals surface area contributed by atoms with Crippen molar-refractivity contribution < 1.29 is 0 Å². The van der Waals surface area contributed by atoms with E-state index in [4.69, 9.17) is 11.6 Å². The molecule has 0 spiro atoms. The highest BCUT2D eigenvalue weighted by atomic mass is 35.5. The molecule has 0 saturated carbocycles. The van der Waals surface area contributed by atoms with Crippen LogP contribution in [-0.4, -0.2) is 16.2 Å². The van der Waals surface area contributed by atoms with E-state index in [-0.39, 0.29) is 0 Å². The second kappa shape index (κ2) is 5.37. The van der Waals surface area contributed by atoms with Crippen molar-refractivity contribution in [3.8, 4) is 0 Å². The minimum atomic E-state index is 0.639. The summed E-state index contributed by atoms with van der Waals surface area (Å²) in [6.07, 6.45) is 6.50. The van der Waals surface area contributed by atoms with Crippen LogP contribution in [0.2, 0.25) is 5.02 Å². The maximum Gasteiger partial charge on any atom is 0.187 e. The molecule has 0 saturated heterocycles. The minimum Gasteiger partial charge on any atom is -0.230 e. The zero-order chi connectivity index (χ0) is 10.6. The highest BCUT2D eigenvalue weighted by Gasteiger charge is 2.02. The summed E-state index contributed by atoms with van der Waals surface area (Å²) >= 11 is 7.50. The lowest BCUT2D eigenvalue weighted by molar-refractivity contribution is 0.910. The van der Waals surface area contributed by atoms with Crippen LogP contribution in [0.5, 0.6) is 0 Å². The number of hydrogen-bond donors (Lipinski definition) is 0. The van der Waals surface area contributed by atoms with Gasteiger partial charge in [-0.15, -0.1) is 0 Å². The lowest BCUT2D eigenvalue weighted by Crippen LogP contribution is -1.94. The Balaban J connectivity index is 2.89. The fourth-order valence-corrected chi connectivity index (χ4v) is 1.45. The van der Waals surface area contributed by atoms with E-state index in [0.29, 0.717) is 5.02 Å². The van der Waals surface area contributed by atoms with Gasteiger partial charge in [0, 0.05) is 6.42 Å². The van der Waals surface area contributed by atoms with Crippen molar-refractivity contribution in [1.82, 2.24) is 9.97 Å². The average Bonchev–Trinajstić information content (AvgIpc) is 2.16. The van der Waals surface area contributed by atoms with Crippen LogP contribution in [0.15, 0.2) is 23.0 Å². The summed E-state index contributed by atoms with van der Waals surface area (Å²) in [6, 6.07) is 0. The Kier molecular flexibility index (Phi) is 4.42. The Hall–Kier alpha value is -0.540. The maximum absolute atomic E-state index is 5.97. The molecule has 4 heteroatoms. The Morgan fingerprint density at radius 2 is 2.29 bits per heavy atom. The van der Waals surface area contributed by atoms with Crippen LogP contribution in [-0.2, 0) is 6.42 Å². The van der Waals surface area contributed by atoms with E-state index in [1.54, 1.807) is 6.20 Å². The fraction of sp³-hybridized carbons (Fsp3) is 0.400. The molecule has 2 nitrogen and oxygen atoms in total. The number of halogens is 1. The molecule has 1 aromatic heterocycles. The Bertz CT molecular complexity index is 346. The summed E-state index contributed by atoms with van der Waals surface area (Å²) in [6.45, 7) is 4.12. The molecule has 0 aromatic carbocycles. The van der Waals surface area contributed by atoms with Gasteiger partial charge in [0.25, 0.3) is 0 Å². The molecule has 1 heterocycles. The van der Waals surface area contributed by atoms with Gasteiger partial charge in [-0.1, -0.05) is 35.0 Å². The molecule has 0 aliphatic rings. The van der Waals surface area contributed by atoms with Gasteiger partial charge in [0.15, 0.2) is 5.16 Å². The Morgan fingerprint density at radius 1 is 1.57 bits per heavy atom. The lowest BCUT2D eigenvalue weighted by Gasteiger charge is -2.01. The van der Waals surface area contributed by atoms with Gasteiger partial charge >= 0.3 is 0 Å². The molecule has 0 N–H and O–H groups in total. The lowest BCUT2D eigenvalue weighted by atomic mass is 10.2. The zero-order valence-corrected chi connectivity index (χ0v) is 10.1. The summed E-state index contributed by atoms with van der Waals surface area (Å²) in [7, 11) is 0. The van der Waals surface area contributed by atoms with Gasteiger partial charge in [-0.3, -0.25) is 0 Å². The molecule has 0 aliphatic heterocycles. The van der Waals surface area contributed by atoms with Crippen molar-refractivity contribution >= 4 is 23.4 Å². The fourth-order valence-electron chi connectivity index (χ4n) is 0.926. The summed E-state index contributed by atoms with van der Waals surface area (Å²) in [5, 5.41) is 1.41. The minimum absolute atomic E-state index is 0.639. The molecule has 1 aromatic rings. The monoisotopic (exact) mass is 228 g/mol. The molecule has 0 unspecified atom stereocenters. The third-order valence-electron chi connectivity index (χ3n) is 1.68. The summed E-state index contributed by atoms with van der Waals surface area (Å²) < 4.78 is 0. The average molecular weight is 229 g/mol. The Morgan fingerprint density at radius 3 is 2.86 bits per heavy atom. The molecular weight excluding hydrogens is 216 g/mol. The van der Waals surface area contributed by atoms with E-state index in [1.165, 1.54) is 17.3 Å². The van der Waals surface area contributed by atoms with Gasteiger partial charge in [0.05, 0.1) is 16.9 Å². The summed E-state index contributed by atoms with van der Waals surface area (Å²) in [5.41, 5.74) is 2.16. The van der Waals surface area contributed by atoms with Gasteiger partial charge in [0.2, 0.25) is 0 Å². The first-order valence-electron chi connectivity index (χ1n) is 4.32. The molecule has 0 bridgehead atoms. The van der Waals surface area contributed by atoms with Gasteiger partial charge in [-0.05, 0) is 20.1 Å². The van der Waals surface area contributed by atoms with Crippen LogP contribution in [0.3, 0.4) is 0 Å². The van der Waals surface area contributed by atoms with E-state index in [9.17, 15) is 0 Å². The number of aromatic nitrogens is 2. The number of allylic oxidation sites excluding steroid dienone is 2. The van der Waals surface area contributed by atoms with Crippen molar-refractivity contribution in [3.63, 3.8) is 0 Å². The second-order valence-electron chi connectivity index (χ2n) is 3.14. The first-order valence-corrected chi connectivity index (χ1v) is 5.92. The molecule has 0 fully saturated rings. The first-order chi connectivity index (χ1) is 6.63. The largest absolute Gasteiger partial charge is 0.230 e. The van der Waals surface area contributed by atoms with Gasteiger partial charge in [0.1, 0.15) is 0 Å². The smallest absolute Gasteiger partial charge is 0.187 e. The summed E-state index contributed by atoms with van der Waals surface area (Å²) in [5.74, 6) is 0. The van der Waals surface area contributed by atoms with Crippen LogP contribution in [0.1, 0.15) is 19.5 Å². The normalized spacial score (nSPS) is 10.0. The van der Waals surface area contributed by atoms with Gasteiger partial charge in [-0.25, -0.2) is 9.97 Å². The Labute approximate surface area is 93.8 Å². The predicted octanol–water partition coefficient (Wildman–Crippen LogP) is 3.36. The maximum atomic E-state index is 5.97. The van der Waals surface area contributed by atoms with Crippen molar-refractivity contribution in [2.45, 2.75) is 25.4 Å². The molecule has 0 aliphatic carbocycles. The van der Waals surface area contributed by atoms with Gasteiger partial charge < -0.3 is 0 Å². The molecule has 76 valence electrons. The topological polar surface area (TPSA) is 25.8 Å². The summed E-state index contributed by atoms with van der Waals surface area (Å²) in [4.78, 5) is 8.42. The SMILES string of the molecule is CSc1ncc(Cl)c(CC=C(C)C)n1. The van der Waals surface area contributed by atoms with E-state index in [2.05, 4.69) is 29.9 Å². The van der Waals surface area contributed by atoms with E-state index >= 15 is 0 Å². The van der Waals surface area contributed by atoms with Crippen molar-refractivity contribution in [2.75, 3.05) is 6.26 Å². The molecule has 1 rings (SSSR count). The van der Waals surface area contributed by atoms with Crippen LogP contribution < -0.4 is 0 Å². The first kappa shape index (κ1) is 11.5. The highest BCUT2D eigenvalue weighted by Crippen LogP contribution is 2.17. The molecule has 0 amide bonds. The molecular formula is C10H13ClN2S. The number of hydrogen-bond acceptors (Lipinski definition) is 3. The molecule has 0 atom stereocenters. The second-order valence-corrected chi connectivity index (χ2v) is 4.32. The predicted molar refractivity (Wildman–Crippen MR) is 62.0 cm³/mol. The van der Waals surface area contributed by atoms with Crippen LogP contribution in [0.4, 0.5) is 0 Å². The number of rotatable bonds is 3. The van der Waals surface area contributed by atoms with E-state index in [0.717, 1.165) is 17.3 Å². The molecule has 0 radical (unpaired) electrons. The zero-order valence-electron chi connectivity index (χ0n) is 8.54. The van der Waals surface area contributed by atoms with E-state index in [1.807, 2.05) is 6.26 Å². The number of nitrogens with zero attached hydrogens (tertiary/aromatic N) is 2.